The number of nitrogens with zero attached hydrogens (tertiary/aromatic N) is 6. The Morgan fingerprint density at radius 3 is 2.77 bits per heavy atom. The third-order valence-electron chi connectivity index (χ3n) is 6.89. The van der Waals surface area contributed by atoms with Gasteiger partial charge >= 0.3 is 0 Å². The summed E-state index contributed by atoms with van der Waals surface area (Å²) in [7, 11) is 0. The van der Waals surface area contributed by atoms with Crippen LogP contribution >= 0.6 is 11.6 Å². The molecule has 5 rings (SSSR count). The predicted molar refractivity (Wildman–Crippen MR) is 150 cm³/mol. The van der Waals surface area contributed by atoms with Gasteiger partial charge in [-0.2, -0.15) is 4.98 Å². The number of aromatic nitrogens is 4. The molecule has 1 saturated heterocycles. The van der Waals surface area contributed by atoms with Crippen LogP contribution in [0.15, 0.2) is 49.1 Å². The Balaban J connectivity index is 1.25. The molecule has 0 saturated carbocycles. The third kappa shape index (κ3) is 6.82. The molecule has 212 valence electrons. The van der Waals surface area contributed by atoms with Crippen molar-refractivity contribution in [3.63, 3.8) is 0 Å². The maximum atomic E-state index is 13.1. The Labute approximate surface area is 238 Å². The Bertz CT molecular complexity index is 1320. The van der Waals surface area contributed by atoms with Crippen LogP contribution in [0.2, 0.25) is 5.15 Å². The van der Waals surface area contributed by atoms with E-state index < -0.39 is 0 Å². The normalized spacial score (nSPS) is 18.6. The standard InChI is InChI=1S/C28H34ClN7O4/c1-19(2)13-27(38)34-11-12-36(25-15-24(29)32-28(33-25)35-10-9-30-18-35)20(16-34)14-26(37)31-8-7-21-17-39-22-5-3-4-6-23(22)40-21/h3-6,9-10,15,18-21H,7-8,11-14,16-17H2,1-2H3,(H,31,37). The second kappa shape index (κ2) is 12.5. The summed E-state index contributed by atoms with van der Waals surface area (Å²) < 4.78 is 13.5. The first-order chi connectivity index (χ1) is 19.4. The third-order valence-corrected chi connectivity index (χ3v) is 7.09. The molecule has 4 heterocycles. The lowest BCUT2D eigenvalue weighted by Gasteiger charge is -2.42. The fourth-order valence-electron chi connectivity index (χ4n) is 4.93. The minimum Gasteiger partial charge on any atom is -0.486 e. The smallest absolute Gasteiger partial charge is 0.238 e. The minimum absolute atomic E-state index is 0.0922. The molecule has 2 aromatic heterocycles. The van der Waals surface area contributed by atoms with Gasteiger partial charge in [-0.05, 0) is 18.1 Å². The Morgan fingerprint density at radius 1 is 1.18 bits per heavy atom. The second-order valence-corrected chi connectivity index (χ2v) is 10.8. The maximum absolute atomic E-state index is 13.1. The molecule has 3 aromatic rings. The number of carbonyl (C=O) groups is 2. The highest BCUT2D eigenvalue weighted by Gasteiger charge is 2.33. The number of fused-ring (bicyclic) bond motifs is 1. The number of nitrogens with one attached hydrogen (secondary N) is 1. The van der Waals surface area contributed by atoms with Gasteiger partial charge in [-0.1, -0.05) is 37.6 Å². The quantitative estimate of drug-likeness (QED) is 0.392. The van der Waals surface area contributed by atoms with E-state index in [4.69, 9.17) is 26.1 Å². The molecule has 12 heteroatoms. The van der Waals surface area contributed by atoms with Crippen LogP contribution in [-0.2, 0) is 9.59 Å². The first kappa shape index (κ1) is 27.7. The van der Waals surface area contributed by atoms with E-state index in [9.17, 15) is 9.59 Å². The highest BCUT2D eigenvalue weighted by molar-refractivity contribution is 6.29. The molecule has 40 heavy (non-hydrogen) atoms. The number of para-hydroxylation sites is 2. The molecule has 2 amide bonds. The van der Waals surface area contributed by atoms with Crippen LogP contribution in [0.4, 0.5) is 5.82 Å². The summed E-state index contributed by atoms with van der Waals surface area (Å²) in [4.78, 5) is 43.0. The molecule has 0 bridgehead atoms. The van der Waals surface area contributed by atoms with Gasteiger partial charge in [0.15, 0.2) is 11.5 Å². The van der Waals surface area contributed by atoms with Crippen molar-refractivity contribution in [3.05, 3.63) is 54.2 Å². The van der Waals surface area contributed by atoms with Crippen LogP contribution < -0.4 is 19.7 Å². The van der Waals surface area contributed by atoms with Crippen LogP contribution in [-0.4, -0.2) is 81.2 Å². The lowest BCUT2D eigenvalue weighted by atomic mass is 10.0. The summed E-state index contributed by atoms with van der Waals surface area (Å²) in [6, 6.07) is 8.97. The number of anilines is 1. The van der Waals surface area contributed by atoms with Gasteiger partial charge in [-0.25, -0.2) is 9.97 Å². The first-order valence-electron chi connectivity index (χ1n) is 13.6. The van der Waals surface area contributed by atoms with E-state index in [1.165, 1.54) is 0 Å². The average molecular weight is 568 g/mol. The van der Waals surface area contributed by atoms with Crippen molar-refractivity contribution < 1.29 is 19.1 Å². The molecular formula is C28H34ClN7O4. The molecule has 0 spiro atoms. The zero-order chi connectivity index (χ0) is 28.1. The van der Waals surface area contributed by atoms with Gasteiger partial charge < -0.3 is 24.6 Å². The molecule has 2 aliphatic heterocycles. The summed E-state index contributed by atoms with van der Waals surface area (Å²) >= 11 is 6.37. The highest BCUT2D eigenvalue weighted by Crippen LogP contribution is 2.31. The van der Waals surface area contributed by atoms with E-state index in [0.717, 1.165) is 5.75 Å². The van der Waals surface area contributed by atoms with E-state index in [-0.39, 0.29) is 41.5 Å². The average Bonchev–Trinajstić information content (AvgIpc) is 3.48. The van der Waals surface area contributed by atoms with Gasteiger partial charge in [0, 0.05) is 63.9 Å². The molecule has 0 radical (unpaired) electrons. The minimum atomic E-state index is -0.285. The van der Waals surface area contributed by atoms with Crippen LogP contribution in [0.1, 0.15) is 33.1 Å². The number of amides is 2. The molecule has 2 atom stereocenters. The number of halogens is 1. The van der Waals surface area contributed by atoms with Crippen LogP contribution in [0.3, 0.4) is 0 Å². The van der Waals surface area contributed by atoms with E-state index >= 15 is 0 Å². The van der Waals surface area contributed by atoms with Crippen molar-refractivity contribution in [2.45, 2.75) is 45.3 Å². The summed E-state index contributed by atoms with van der Waals surface area (Å²) in [5.74, 6) is 2.67. The number of hydrogen-bond acceptors (Lipinski definition) is 8. The Morgan fingerprint density at radius 2 is 2.00 bits per heavy atom. The maximum Gasteiger partial charge on any atom is 0.238 e. The first-order valence-corrected chi connectivity index (χ1v) is 14.0. The Hall–Kier alpha value is -3.86. The van der Waals surface area contributed by atoms with Crippen molar-refractivity contribution >= 4 is 29.2 Å². The number of hydrogen-bond donors (Lipinski definition) is 1. The van der Waals surface area contributed by atoms with Crippen LogP contribution in [0, 0.1) is 5.92 Å². The monoisotopic (exact) mass is 567 g/mol. The molecule has 2 aliphatic rings. The largest absolute Gasteiger partial charge is 0.486 e. The summed E-state index contributed by atoms with van der Waals surface area (Å²) in [6.45, 7) is 6.40. The van der Waals surface area contributed by atoms with Crippen molar-refractivity contribution in [2.24, 2.45) is 5.92 Å². The number of imidazole rings is 1. The molecule has 1 N–H and O–H groups in total. The van der Waals surface area contributed by atoms with E-state index in [1.54, 1.807) is 29.4 Å². The zero-order valence-electron chi connectivity index (χ0n) is 22.7. The van der Waals surface area contributed by atoms with E-state index in [2.05, 4.69) is 15.3 Å². The number of benzene rings is 1. The van der Waals surface area contributed by atoms with E-state index in [1.807, 2.05) is 47.9 Å². The van der Waals surface area contributed by atoms with Gasteiger partial charge in [0.05, 0.1) is 6.04 Å². The number of piperazine rings is 1. The lowest BCUT2D eigenvalue weighted by Crippen LogP contribution is -2.56. The molecular weight excluding hydrogens is 534 g/mol. The van der Waals surface area contributed by atoms with Crippen molar-refractivity contribution in [3.8, 4) is 17.4 Å². The topological polar surface area (TPSA) is 115 Å². The van der Waals surface area contributed by atoms with Crippen LogP contribution in [0.25, 0.3) is 5.95 Å². The van der Waals surface area contributed by atoms with Crippen LogP contribution in [0.5, 0.6) is 11.5 Å². The number of ether oxygens (including phenoxy) is 2. The van der Waals surface area contributed by atoms with Crippen molar-refractivity contribution in [1.82, 2.24) is 29.7 Å². The molecule has 1 fully saturated rings. The summed E-state index contributed by atoms with van der Waals surface area (Å²) in [6.07, 6.45) is 6.11. The number of rotatable bonds is 9. The second-order valence-electron chi connectivity index (χ2n) is 10.4. The Kier molecular flexibility index (Phi) is 8.69. The van der Waals surface area contributed by atoms with Crippen molar-refractivity contribution in [2.75, 3.05) is 37.7 Å². The predicted octanol–water partition coefficient (Wildman–Crippen LogP) is 3.12. The molecule has 1 aromatic carbocycles. The molecule has 2 unspecified atom stereocenters. The number of carbonyl (C=O) groups excluding carboxylic acids is 2. The van der Waals surface area contributed by atoms with Gasteiger partial charge in [-0.3, -0.25) is 14.2 Å². The molecule has 11 nitrogen and oxygen atoms in total. The fourth-order valence-corrected chi connectivity index (χ4v) is 5.11. The van der Waals surface area contributed by atoms with Gasteiger partial charge in [0.25, 0.3) is 0 Å². The fraction of sp³-hybridized carbons (Fsp3) is 0.464. The zero-order valence-corrected chi connectivity index (χ0v) is 23.5. The summed E-state index contributed by atoms with van der Waals surface area (Å²) in [5.41, 5.74) is 0. The highest BCUT2D eigenvalue weighted by atomic mass is 35.5. The summed E-state index contributed by atoms with van der Waals surface area (Å²) in [5, 5.41) is 3.30. The van der Waals surface area contributed by atoms with Gasteiger partial charge in [0.1, 0.15) is 30.0 Å². The van der Waals surface area contributed by atoms with E-state index in [0.29, 0.717) is 63.1 Å². The molecule has 0 aliphatic carbocycles. The van der Waals surface area contributed by atoms with Gasteiger partial charge in [0.2, 0.25) is 17.8 Å². The van der Waals surface area contributed by atoms with Crippen molar-refractivity contribution in [1.29, 1.82) is 0 Å². The SMILES string of the molecule is CC(C)CC(=O)N1CCN(c2cc(Cl)nc(-n3ccnc3)n2)C(CC(=O)NCCC2COc3ccccc3O2)C1. The van der Waals surface area contributed by atoms with Gasteiger partial charge in [-0.15, -0.1) is 0 Å². The lowest BCUT2D eigenvalue weighted by molar-refractivity contribution is -0.133.